The molecule has 1 saturated carbocycles. The van der Waals surface area contributed by atoms with Crippen molar-refractivity contribution in [3.8, 4) is 0 Å². The van der Waals surface area contributed by atoms with Crippen molar-refractivity contribution in [1.82, 2.24) is 4.90 Å². The van der Waals surface area contributed by atoms with Crippen LogP contribution in [0.25, 0.3) is 10.1 Å². The molecule has 1 aromatic heterocycles. The van der Waals surface area contributed by atoms with Gasteiger partial charge in [0.1, 0.15) is 6.67 Å². The van der Waals surface area contributed by atoms with Crippen molar-refractivity contribution in [2.45, 2.75) is 13.1 Å². The van der Waals surface area contributed by atoms with Crippen molar-refractivity contribution in [2.24, 2.45) is 11.8 Å². The largest absolute Gasteiger partial charge is 0.469 e. The highest BCUT2D eigenvalue weighted by molar-refractivity contribution is 7.17. The Hall–Kier alpha value is -1.66. The van der Waals surface area contributed by atoms with Gasteiger partial charge in [-0.15, -0.1) is 11.3 Å². The number of ether oxygens (including phenoxy) is 1. The van der Waals surface area contributed by atoms with Crippen molar-refractivity contribution >= 4 is 33.1 Å². The zero-order valence-corrected chi connectivity index (χ0v) is 15.2. The fourth-order valence-corrected chi connectivity index (χ4v) is 4.81. The average Bonchev–Trinajstić information content (AvgIpc) is 3.29. The first-order valence-corrected chi connectivity index (χ1v) is 9.68. The maximum atomic E-state index is 12.8. The number of benzene rings is 1. The van der Waals surface area contributed by atoms with E-state index in [9.17, 15) is 9.18 Å². The van der Waals surface area contributed by atoms with Gasteiger partial charge in [0.25, 0.3) is 0 Å². The zero-order chi connectivity index (χ0) is 17.4. The van der Waals surface area contributed by atoms with Gasteiger partial charge in [-0.2, -0.15) is 0 Å². The SMILES string of the molecule is COC(=O)[C@H]1CC1CN1CCN(c2csc3cc(CF)ccc23)CC1. The molecule has 2 heterocycles. The maximum absolute atomic E-state index is 12.8. The number of nitrogens with zero attached hydrogens (tertiary/aromatic N) is 2. The van der Waals surface area contributed by atoms with Crippen LogP contribution in [0, 0.1) is 11.8 Å². The van der Waals surface area contributed by atoms with E-state index in [0.717, 1.165) is 49.4 Å². The number of halogens is 1. The van der Waals surface area contributed by atoms with Gasteiger partial charge in [0, 0.05) is 48.2 Å². The van der Waals surface area contributed by atoms with E-state index in [2.05, 4.69) is 15.2 Å². The smallest absolute Gasteiger partial charge is 0.308 e. The van der Waals surface area contributed by atoms with Crippen LogP contribution < -0.4 is 4.90 Å². The van der Waals surface area contributed by atoms with Crippen LogP contribution in [0.4, 0.5) is 10.1 Å². The van der Waals surface area contributed by atoms with Gasteiger partial charge in [-0.05, 0) is 24.0 Å². The molecule has 6 heteroatoms. The van der Waals surface area contributed by atoms with Crippen LogP contribution in [-0.2, 0) is 16.2 Å². The van der Waals surface area contributed by atoms with Crippen LogP contribution in [-0.4, -0.2) is 50.7 Å². The topological polar surface area (TPSA) is 32.8 Å². The molecular weight excluding hydrogens is 339 g/mol. The van der Waals surface area contributed by atoms with Crippen LogP contribution in [0.3, 0.4) is 0 Å². The maximum Gasteiger partial charge on any atom is 0.308 e. The summed E-state index contributed by atoms with van der Waals surface area (Å²) in [4.78, 5) is 16.4. The Labute approximate surface area is 151 Å². The van der Waals surface area contributed by atoms with E-state index in [4.69, 9.17) is 4.74 Å². The summed E-state index contributed by atoms with van der Waals surface area (Å²) in [5, 5.41) is 3.42. The molecule has 2 fully saturated rings. The number of carbonyl (C=O) groups is 1. The number of fused-ring (bicyclic) bond motifs is 1. The fourth-order valence-electron chi connectivity index (χ4n) is 3.78. The van der Waals surface area contributed by atoms with E-state index in [1.807, 2.05) is 18.2 Å². The van der Waals surface area contributed by atoms with Gasteiger partial charge < -0.3 is 9.64 Å². The second-order valence-electron chi connectivity index (χ2n) is 7.00. The van der Waals surface area contributed by atoms with E-state index in [0.29, 0.717) is 5.92 Å². The standard InChI is InChI=1S/C19H23FN2O2S/c1-24-19(23)16-9-14(16)11-21-4-6-22(7-5-21)17-12-25-18-8-13(10-20)2-3-15(17)18/h2-3,8,12,14,16H,4-7,9-11H2,1H3/t14?,16-/m0/s1. The van der Waals surface area contributed by atoms with Crippen LogP contribution in [0.1, 0.15) is 12.0 Å². The number of methoxy groups -OCH3 is 1. The number of thiophene rings is 1. The molecule has 2 aliphatic rings. The summed E-state index contributed by atoms with van der Waals surface area (Å²) in [6, 6.07) is 5.89. The monoisotopic (exact) mass is 362 g/mol. The Balaban J connectivity index is 1.35. The lowest BCUT2D eigenvalue weighted by molar-refractivity contribution is -0.142. The Morgan fingerprint density at radius 2 is 2.12 bits per heavy atom. The normalized spacial score (nSPS) is 23.8. The molecule has 4 nitrogen and oxygen atoms in total. The zero-order valence-electron chi connectivity index (χ0n) is 14.4. The third-order valence-corrected chi connectivity index (χ3v) is 6.34. The third-order valence-electron chi connectivity index (χ3n) is 5.41. The minimum absolute atomic E-state index is 0.0546. The van der Waals surface area contributed by atoms with Crippen LogP contribution in [0.5, 0.6) is 0 Å². The first-order valence-electron chi connectivity index (χ1n) is 8.81. The highest BCUT2D eigenvalue weighted by atomic mass is 32.1. The highest BCUT2D eigenvalue weighted by Crippen LogP contribution is 2.40. The molecule has 1 aliphatic heterocycles. The van der Waals surface area contributed by atoms with Crippen LogP contribution >= 0.6 is 11.3 Å². The second kappa shape index (κ2) is 6.92. The molecule has 134 valence electrons. The number of anilines is 1. The molecule has 4 rings (SSSR count). The van der Waals surface area contributed by atoms with Crippen molar-refractivity contribution in [1.29, 1.82) is 0 Å². The van der Waals surface area contributed by atoms with Gasteiger partial charge in [-0.25, -0.2) is 4.39 Å². The van der Waals surface area contributed by atoms with E-state index in [1.54, 1.807) is 11.3 Å². The van der Waals surface area contributed by atoms with Crippen molar-refractivity contribution < 1.29 is 13.9 Å². The molecule has 0 N–H and O–H groups in total. The molecule has 0 amide bonds. The molecule has 2 aromatic rings. The van der Waals surface area contributed by atoms with Gasteiger partial charge in [0.2, 0.25) is 0 Å². The number of rotatable bonds is 5. The lowest BCUT2D eigenvalue weighted by Crippen LogP contribution is -2.47. The number of esters is 1. The first kappa shape index (κ1) is 16.8. The quantitative estimate of drug-likeness (QED) is 0.764. The summed E-state index contributed by atoms with van der Waals surface area (Å²) >= 11 is 1.69. The van der Waals surface area contributed by atoms with Crippen molar-refractivity contribution in [3.63, 3.8) is 0 Å². The number of carbonyl (C=O) groups excluding carboxylic acids is 1. The minimum Gasteiger partial charge on any atom is -0.469 e. The van der Waals surface area contributed by atoms with E-state index in [1.165, 1.54) is 18.2 Å². The molecule has 1 aromatic carbocycles. The first-order chi connectivity index (χ1) is 12.2. The lowest BCUT2D eigenvalue weighted by atomic mass is 10.1. The Morgan fingerprint density at radius 3 is 2.84 bits per heavy atom. The molecule has 1 aliphatic carbocycles. The lowest BCUT2D eigenvalue weighted by Gasteiger charge is -2.36. The molecule has 0 spiro atoms. The summed E-state index contributed by atoms with van der Waals surface area (Å²) < 4.78 is 18.8. The minimum atomic E-state index is -0.407. The van der Waals surface area contributed by atoms with Crippen molar-refractivity contribution in [3.05, 3.63) is 29.1 Å². The van der Waals surface area contributed by atoms with Crippen molar-refractivity contribution in [2.75, 3.05) is 44.7 Å². The predicted octanol–water partition coefficient (Wildman–Crippen LogP) is 3.30. The van der Waals surface area contributed by atoms with Crippen LogP contribution in [0.15, 0.2) is 23.6 Å². The molecule has 1 saturated heterocycles. The molecular formula is C19H23FN2O2S. The Morgan fingerprint density at radius 1 is 1.32 bits per heavy atom. The van der Waals surface area contributed by atoms with Gasteiger partial charge in [-0.3, -0.25) is 9.69 Å². The summed E-state index contributed by atoms with van der Waals surface area (Å²) in [7, 11) is 1.47. The van der Waals surface area contributed by atoms with Gasteiger partial charge in [0.05, 0.1) is 18.7 Å². The fraction of sp³-hybridized carbons (Fsp3) is 0.526. The number of piperazine rings is 1. The molecule has 0 radical (unpaired) electrons. The Bertz CT molecular complexity index is 770. The van der Waals surface area contributed by atoms with E-state index < -0.39 is 6.67 Å². The summed E-state index contributed by atoms with van der Waals surface area (Å²) in [5.74, 6) is 0.537. The highest BCUT2D eigenvalue weighted by Gasteiger charge is 2.44. The average molecular weight is 362 g/mol. The van der Waals surface area contributed by atoms with Gasteiger partial charge in [-0.1, -0.05) is 12.1 Å². The van der Waals surface area contributed by atoms with Gasteiger partial charge >= 0.3 is 5.97 Å². The second-order valence-corrected chi connectivity index (χ2v) is 7.91. The van der Waals surface area contributed by atoms with E-state index in [-0.39, 0.29) is 11.9 Å². The summed E-state index contributed by atoms with van der Waals surface area (Å²) in [6.45, 7) is 4.61. The number of alkyl halides is 1. The third kappa shape index (κ3) is 3.37. The molecule has 1 unspecified atom stereocenters. The van der Waals surface area contributed by atoms with Gasteiger partial charge in [0.15, 0.2) is 0 Å². The summed E-state index contributed by atoms with van der Waals surface area (Å²) in [5.41, 5.74) is 2.01. The molecule has 2 atom stereocenters. The van der Waals surface area contributed by atoms with E-state index >= 15 is 0 Å². The summed E-state index contributed by atoms with van der Waals surface area (Å²) in [6.07, 6.45) is 0.971. The number of hydrogen-bond donors (Lipinski definition) is 0. The molecule has 0 bridgehead atoms. The molecule has 25 heavy (non-hydrogen) atoms. The Kier molecular flexibility index (Phi) is 4.65. The van der Waals surface area contributed by atoms with Crippen LogP contribution in [0.2, 0.25) is 0 Å². The number of hydrogen-bond acceptors (Lipinski definition) is 5. The predicted molar refractivity (Wildman–Crippen MR) is 98.9 cm³/mol.